The van der Waals surface area contributed by atoms with Gasteiger partial charge in [-0.3, -0.25) is 0 Å². The molecule has 0 bridgehead atoms. The Bertz CT molecular complexity index is 98.6. The number of unbranched alkanes of at least 4 members (excludes halogenated alkanes) is 1. The Kier molecular flexibility index (Phi) is 5.29. The maximum absolute atomic E-state index is 3.63. The van der Waals surface area contributed by atoms with E-state index in [-0.39, 0.29) is 0 Å². The monoisotopic (exact) mass is 124 g/mol. The Hall–Kier alpha value is -0.520. The average molecular weight is 124 g/mol. The van der Waals surface area contributed by atoms with Crippen molar-refractivity contribution >= 4 is 0 Å². The predicted molar refractivity (Wildman–Crippen MR) is 43.5 cm³/mol. The summed E-state index contributed by atoms with van der Waals surface area (Å²) in [6.07, 6.45) is 7.74. The van der Waals surface area contributed by atoms with E-state index in [0.29, 0.717) is 0 Å². The number of hydrogen-bond acceptors (Lipinski definition) is 0. The molecule has 0 unspecified atom stereocenters. The molecule has 0 aromatic carbocycles. The van der Waals surface area contributed by atoms with E-state index in [9.17, 15) is 0 Å². The second-order valence-corrected chi connectivity index (χ2v) is 2.35. The Labute approximate surface area is 58.3 Å². The van der Waals surface area contributed by atoms with E-state index >= 15 is 0 Å². The first-order valence-electron chi connectivity index (χ1n) is 3.59. The third kappa shape index (κ3) is 5.35. The molecule has 0 aliphatic heterocycles. The quantitative estimate of drug-likeness (QED) is 0.504. The van der Waals surface area contributed by atoms with Gasteiger partial charge in [0.25, 0.3) is 0 Å². The van der Waals surface area contributed by atoms with Crippen molar-refractivity contribution < 1.29 is 0 Å². The molecule has 0 amide bonds. The molecule has 0 aromatic heterocycles. The van der Waals surface area contributed by atoms with Gasteiger partial charge in [-0.05, 0) is 19.8 Å². The van der Waals surface area contributed by atoms with Crippen LogP contribution in [0.4, 0.5) is 0 Å². The van der Waals surface area contributed by atoms with Gasteiger partial charge in [-0.1, -0.05) is 37.6 Å². The Morgan fingerprint density at radius 2 is 2.22 bits per heavy atom. The van der Waals surface area contributed by atoms with E-state index < -0.39 is 0 Å². The van der Waals surface area contributed by atoms with Crippen LogP contribution in [0.15, 0.2) is 24.3 Å². The predicted octanol–water partition coefficient (Wildman–Crippen LogP) is 3.31. The lowest BCUT2D eigenvalue weighted by atomic mass is 10.1. The van der Waals surface area contributed by atoms with Crippen molar-refractivity contribution in [1.82, 2.24) is 0 Å². The summed E-state index contributed by atoms with van der Waals surface area (Å²) in [5.74, 6) is 0. The van der Waals surface area contributed by atoms with Crippen LogP contribution in [-0.2, 0) is 0 Å². The van der Waals surface area contributed by atoms with Crippen LogP contribution in [0.3, 0.4) is 0 Å². The number of rotatable bonds is 4. The second-order valence-electron chi connectivity index (χ2n) is 2.35. The minimum atomic E-state index is 1.22. The molecule has 0 radical (unpaired) electrons. The highest BCUT2D eigenvalue weighted by Gasteiger charge is 1.84. The molecule has 0 saturated heterocycles. The van der Waals surface area contributed by atoms with Gasteiger partial charge in [0, 0.05) is 0 Å². The van der Waals surface area contributed by atoms with Crippen molar-refractivity contribution in [1.29, 1.82) is 0 Å². The van der Waals surface area contributed by atoms with Gasteiger partial charge in [-0.2, -0.15) is 0 Å². The fourth-order valence-electron chi connectivity index (χ4n) is 0.740. The van der Waals surface area contributed by atoms with Crippen LogP contribution in [0.2, 0.25) is 0 Å². The Morgan fingerprint density at radius 3 is 2.67 bits per heavy atom. The van der Waals surface area contributed by atoms with Crippen LogP contribution < -0.4 is 0 Å². The van der Waals surface area contributed by atoms with Gasteiger partial charge >= 0.3 is 0 Å². The van der Waals surface area contributed by atoms with Crippen LogP contribution in [0.5, 0.6) is 0 Å². The molecule has 0 spiro atoms. The lowest BCUT2D eigenvalue weighted by Gasteiger charge is -1.95. The van der Waals surface area contributed by atoms with E-state index in [1.165, 1.54) is 24.8 Å². The maximum Gasteiger partial charge on any atom is -0.0320 e. The van der Waals surface area contributed by atoms with E-state index in [4.69, 9.17) is 0 Å². The van der Waals surface area contributed by atoms with Crippen LogP contribution >= 0.6 is 0 Å². The van der Waals surface area contributed by atoms with E-state index in [1.54, 1.807) is 0 Å². The topological polar surface area (TPSA) is 0 Å². The smallest absolute Gasteiger partial charge is 0.0320 e. The summed E-state index contributed by atoms with van der Waals surface area (Å²) < 4.78 is 0. The molecule has 0 N–H and O–H groups in total. The van der Waals surface area contributed by atoms with Crippen LogP contribution in [0, 0.1) is 0 Å². The van der Waals surface area contributed by atoms with Crippen molar-refractivity contribution in [2.75, 3.05) is 0 Å². The van der Waals surface area contributed by atoms with Gasteiger partial charge in [-0.15, -0.1) is 0 Å². The van der Waals surface area contributed by atoms with Crippen molar-refractivity contribution in [2.45, 2.75) is 33.1 Å². The standard InChI is InChI=1S/C9H16/c1-4-6-8-9(3)7-5-2/h5,7H,2,4,6,8H2,1,3H3/b9-7+. The van der Waals surface area contributed by atoms with Crippen molar-refractivity contribution in [3.63, 3.8) is 0 Å². The molecule has 0 heterocycles. The number of allylic oxidation sites excluding steroid dienone is 3. The highest BCUT2D eigenvalue weighted by molar-refractivity contribution is 5.07. The SMILES string of the molecule is C=C/C=C(\C)CCCC. The Morgan fingerprint density at radius 1 is 1.56 bits per heavy atom. The molecular formula is C9H16. The molecule has 0 aromatic rings. The molecule has 0 heteroatoms. The first-order valence-corrected chi connectivity index (χ1v) is 3.59. The van der Waals surface area contributed by atoms with Crippen LogP contribution in [0.1, 0.15) is 33.1 Å². The van der Waals surface area contributed by atoms with E-state index in [0.717, 1.165) is 0 Å². The zero-order valence-corrected chi connectivity index (χ0v) is 6.48. The minimum Gasteiger partial charge on any atom is -0.0991 e. The Balaban J connectivity index is 3.36. The summed E-state index contributed by atoms with van der Waals surface area (Å²) in [7, 11) is 0. The van der Waals surface area contributed by atoms with Crippen LogP contribution in [0.25, 0.3) is 0 Å². The van der Waals surface area contributed by atoms with Gasteiger partial charge in [0.05, 0.1) is 0 Å². The highest BCUT2D eigenvalue weighted by Crippen LogP contribution is 2.04. The number of hydrogen-bond donors (Lipinski definition) is 0. The molecule has 52 valence electrons. The van der Waals surface area contributed by atoms with Gasteiger partial charge in [0.1, 0.15) is 0 Å². The molecule has 9 heavy (non-hydrogen) atoms. The zero-order chi connectivity index (χ0) is 7.11. The van der Waals surface area contributed by atoms with E-state index in [1.807, 2.05) is 6.08 Å². The summed E-state index contributed by atoms with van der Waals surface area (Å²) in [5, 5.41) is 0. The largest absolute Gasteiger partial charge is 0.0991 e. The summed E-state index contributed by atoms with van der Waals surface area (Å²) in [5.41, 5.74) is 1.44. The summed E-state index contributed by atoms with van der Waals surface area (Å²) in [6.45, 7) is 7.99. The van der Waals surface area contributed by atoms with Gasteiger partial charge < -0.3 is 0 Å². The third-order valence-electron chi connectivity index (χ3n) is 1.33. The van der Waals surface area contributed by atoms with Gasteiger partial charge in [0.2, 0.25) is 0 Å². The molecule has 0 fully saturated rings. The van der Waals surface area contributed by atoms with E-state index in [2.05, 4.69) is 26.5 Å². The molecule has 0 saturated carbocycles. The fourth-order valence-corrected chi connectivity index (χ4v) is 0.740. The molecular weight excluding hydrogens is 108 g/mol. The molecule has 0 rings (SSSR count). The normalized spacial score (nSPS) is 11.6. The summed E-state index contributed by atoms with van der Waals surface area (Å²) in [4.78, 5) is 0. The summed E-state index contributed by atoms with van der Waals surface area (Å²) >= 11 is 0. The lowest BCUT2D eigenvalue weighted by Crippen LogP contribution is -1.74. The summed E-state index contributed by atoms with van der Waals surface area (Å²) in [6, 6.07) is 0. The maximum atomic E-state index is 3.63. The fraction of sp³-hybridized carbons (Fsp3) is 0.556. The third-order valence-corrected chi connectivity index (χ3v) is 1.33. The van der Waals surface area contributed by atoms with Crippen molar-refractivity contribution in [3.05, 3.63) is 24.3 Å². The first-order chi connectivity index (χ1) is 4.31. The molecule has 0 nitrogen and oxygen atoms in total. The molecule has 0 aliphatic rings. The second kappa shape index (κ2) is 5.61. The first kappa shape index (κ1) is 8.48. The van der Waals surface area contributed by atoms with Crippen molar-refractivity contribution in [2.24, 2.45) is 0 Å². The minimum absolute atomic E-state index is 1.22. The molecule has 0 atom stereocenters. The van der Waals surface area contributed by atoms with Gasteiger partial charge in [-0.25, -0.2) is 0 Å². The average Bonchev–Trinajstić information content (AvgIpc) is 1.85. The van der Waals surface area contributed by atoms with Crippen molar-refractivity contribution in [3.8, 4) is 0 Å². The van der Waals surface area contributed by atoms with Crippen LogP contribution in [-0.4, -0.2) is 0 Å². The zero-order valence-electron chi connectivity index (χ0n) is 6.48. The lowest BCUT2D eigenvalue weighted by molar-refractivity contribution is 0.787. The highest BCUT2D eigenvalue weighted by atomic mass is 13.9. The van der Waals surface area contributed by atoms with Gasteiger partial charge in [0.15, 0.2) is 0 Å². The molecule has 0 aliphatic carbocycles.